The van der Waals surface area contributed by atoms with E-state index in [0.717, 1.165) is 0 Å². The van der Waals surface area contributed by atoms with E-state index in [1.54, 1.807) is 9.88 Å². The average molecular weight is 343 g/mol. The van der Waals surface area contributed by atoms with Crippen molar-refractivity contribution in [3.63, 3.8) is 0 Å². The molecule has 0 saturated carbocycles. The number of H-pyrrole nitrogens is 1. The van der Waals surface area contributed by atoms with Gasteiger partial charge in [0.15, 0.2) is 0 Å². The van der Waals surface area contributed by atoms with Gasteiger partial charge in [-0.1, -0.05) is 0 Å². The van der Waals surface area contributed by atoms with E-state index >= 15 is 0 Å². The van der Waals surface area contributed by atoms with Gasteiger partial charge in [0.05, 0.1) is 17.8 Å². The summed E-state index contributed by atoms with van der Waals surface area (Å²) in [5.41, 5.74) is -0.505. The molecule has 1 aliphatic heterocycles. The number of hydrogen-bond acceptors (Lipinski definition) is 5. The number of rotatable bonds is 3. The fraction of sp³-hybridized carbons (Fsp3) is 0.357. The molecule has 3 heterocycles. The highest BCUT2D eigenvalue weighted by atomic mass is 19.4. The first-order valence-corrected chi connectivity index (χ1v) is 6.97. The van der Waals surface area contributed by atoms with E-state index in [0.29, 0.717) is 12.3 Å². The van der Waals surface area contributed by atoms with Crippen LogP contribution in [0.1, 0.15) is 33.4 Å². The summed E-state index contributed by atoms with van der Waals surface area (Å²) in [5, 5.41) is 8.81. The van der Waals surface area contributed by atoms with Crippen LogP contribution in [0.25, 0.3) is 0 Å². The molecule has 128 valence electrons. The summed E-state index contributed by atoms with van der Waals surface area (Å²) in [7, 11) is 0. The fourth-order valence-corrected chi connectivity index (χ4v) is 2.55. The topological polar surface area (TPSA) is 99.4 Å². The Balaban J connectivity index is 1.79. The van der Waals surface area contributed by atoms with E-state index in [9.17, 15) is 22.8 Å². The first kappa shape index (κ1) is 16.2. The van der Waals surface area contributed by atoms with E-state index in [2.05, 4.69) is 4.98 Å². The van der Waals surface area contributed by atoms with Crippen molar-refractivity contribution in [1.29, 1.82) is 0 Å². The molecule has 0 spiro atoms. The Morgan fingerprint density at radius 3 is 2.79 bits per heavy atom. The van der Waals surface area contributed by atoms with Crippen LogP contribution in [0, 0.1) is 0 Å². The quantitative estimate of drug-likeness (QED) is 0.879. The van der Waals surface area contributed by atoms with E-state index in [1.807, 2.05) is 0 Å². The number of alkyl halides is 3. The first-order valence-electron chi connectivity index (χ1n) is 6.97. The summed E-state index contributed by atoms with van der Waals surface area (Å²) < 4.78 is 43.1. The van der Waals surface area contributed by atoms with Crippen molar-refractivity contribution in [1.82, 2.24) is 14.9 Å². The van der Waals surface area contributed by atoms with Crippen molar-refractivity contribution >= 4 is 5.97 Å². The highest BCUT2D eigenvalue weighted by molar-refractivity contribution is 5.84. The molecule has 0 unspecified atom stereocenters. The van der Waals surface area contributed by atoms with Crippen LogP contribution in [0.15, 0.2) is 21.3 Å². The van der Waals surface area contributed by atoms with Crippen LogP contribution in [0.2, 0.25) is 0 Å². The Bertz CT molecular complexity index is 841. The van der Waals surface area contributed by atoms with E-state index < -0.39 is 23.5 Å². The molecule has 0 bridgehead atoms. The summed E-state index contributed by atoms with van der Waals surface area (Å²) >= 11 is 0. The number of furan rings is 1. The summed E-state index contributed by atoms with van der Waals surface area (Å²) in [4.78, 5) is 29.7. The SMILES string of the molecule is O=C(O)c1ccc(CN2CCc3nc(C(F)(F)F)[nH]c(=O)c3C2)o1. The number of fused-ring (bicyclic) bond motifs is 1. The van der Waals surface area contributed by atoms with Crippen LogP contribution < -0.4 is 5.56 Å². The fourth-order valence-electron chi connectivity index (χ4n) is 2.55. The van der Waals surface area contributed by atoms with Crippen LogP contribution in [0.3, 0.4) is 0 Å². The van der Waals surface area contributed by atoms with E-state index in [-0.39, 0.29) is 36.5 Å². The maximum Gasteiger partial charge on any atom is 0.449 e. The predicted octanol–water partition coefficient (Wildman–Crippen LogP) is 1.64. The van der Waals surface area contributed by atoms with Gasteiger partial charge in [0, 0.05) is 19.5 Å². The minimum atomic E-state index is -4.70. The molecular weight excluding hydrogens is 331 g/mol. The largest absolute Gasteiger partial charge is 0.475 e. The second kappa shape index (κ2) is 5.78. The normalized spacial score (nSPS) is 15.3. The summed E-state index contributed by atoms with van der Waals surface area (Å²) in [6.07, 6.45) is -4.51. The Kier molecular flexibility index (Phi) is 3.91. The molecule has 1 aliphatic rings. The van der Waals surface area contributed by atoms with Crippen molar-refractivity contribution in [3.05, 3.63) is 51.1 Å². The molecule has 3 rings (SSSR count). The van der Waals surface area contributed by atoms with Crippen LogP contribution in [-0.4, -0.2) is 32.5 Å². The average Bonchev–Trinajstić information content (AvgIpc) is 2.95. The Morgan fingerprint density at radius 2 is 2.17 bits per heavy atom. The molecular formula is C14H12F3N3O4. The third-order valence-electron chi connectivity index (χ3n) is 3.67. The number of nitrogens with one attached hydrogen (secondary N) is 1. The van der Waals surface area contributed by atoms with Crippen LogP contribution in [-0.2, 0) is 25.7 Å². The van der Waals surface area contributed by atoms with Gasteiger partial charge >= 0.3 is 12.1 Å². The standard InChI is InChI=1S/C14H12F3N3O4/c15-14(16,17)13-18-9-3-4-20(6-8(9)11(21)19-13)5-7-1-2-10(24-7)12(22)23/h1-2H,3-6H2,(H,22,23)(H,18,19,21). The maximum absolute atomic E-state index is 12.7. The smallest absolute Gasteiger partial charge is 0.449 e. The Morgan fingerprint density at radius 1 is 1.42 bits per heavy atom. The van der Waals surface area contributed by atoms with Crippen molar-refractivity contribution in [3.8, 4) is 0 Å². The molecule has 0 radical (unpaired) electrons. The number of nitrogens with zero attached hydrogens (tertiary/aromatic N) is 2. The van der Waals surface area contributed by atoms with Gasteiger partial charge < -0.3 is 14.5 Å². The lowest BCUT2D eigenvalue weighted by molar-refractivity contribution is -0.145. The number of hydrogen-bond donors (Lipinski definition) is 2. The molecule has 0 atom stereocenters. The number of aromatic carboxylic acids is 1. The molecule has 24 heavy (non-hydrogen) atoms. The van der Waals surface area contributed by atoms with Gasteiger partial charge in [-0.05, 0) is 12.1 Å². The molecule has 2 N–H and O–H groups in total. The van der Waals surface area contributed by atoms with Gasteiger partial charge in [-0.2, -0.15) is 13.2 Å². The van der Waals surface area contributed by atoms with Gasteiger partial charge in [0.1, 0.15) is 5.76 Å². The van der Waals surface area contributed by atoms with Crippen molar-refractivity contribution < 1.29 is 27.5 Å². The summed E-state index contributed by atoms with van der Waals surface area (Å²) in [5.74, 6) is -2.29. The number of aromatic amines is 1. The van der Waals surface area contributed by atoms with Crippen molar-refractivity contribution in [2.45, 2.75) is 25.7 Å². The molecule has 10 heteroatoms. The lowest BCUT2D eigenvalue weighted by atomic mass is 10.1. The Labute approximate surface area is 132 Å². The second-order valence-corrected chi connectivity index (χ2v) is 5.37. The minimum absolute atomic E-state index is 0.110. The highest BCUT2D eigenvalue weighted by Gasteiger charge is 2.36. The highest BCUT2D eigenvalue weighted by Crippen LogP contribution is 2.26. The third-order valence-corrected chi connectivity index (χ3v) is 3.67. The van der Waals surface area contributed by atoms with Gasteiger partial charge in [-0.15, -0.1) is 0 Å². The van der Waals surface area contributed by atoms with Gasteiger partial charge in [0.25, 0.3) is 5.56 Å². The number of carbonyl (C=O) groups is 1. The molecule has 0 amide bonds. The molecule has 7 nitrogen and oxygen atoms in total. The van der Waals surface area contributed by atoms with Crippen molar-refractivity contribution in [2.24, 2.45) is 0 Å². The number of carboxylic acid groups (broad SMARTS) is 1. The zero-order chi connectivity index (χ0) is 17.5. The van der Waals surface area contributed by atoms with Gasteiger partial charge in [-0.3, -0.25) is 9.69 Å². The summed E-state index contributed by atoms with van der Waals surface area (Å²) in [6, 6.07) is 2.83. The zero-order valence-electron chi connectivity index (χ0n) is 12.2. The summed E-state index contributed by atoms with van der Waals surface area (Å²) in [6.45, 7) is 0.732. The lowest BCUT2D eigenvalue weighted by Crippen LogP contribution is -2.36. The van der Waals surface area contributed by atoms with Crippen LogP contribution in [0.5, 0.6) is 0 Å². The molecule has 0 saturated heterocycles. The number of halogens is 3. The molecule has 0 fully saturated rings. The lowest BCUT2D eigenvalue weighted by Gasteiger charge is -2.26. The van der Waals surface area contributed by atoms with E-state index in [4.69, 9.17) is 9.52 Å². The minimum Gasteiger partial charge on any atom is -0.475 e. The molecule has 0 aromatic carbocycles. The molecule has 2 aromatic rings. The predicted molar refractivity (Wildman–Crippen MR) is 73.3 cm³/mol. The zero-order valence-corrected chi connectivity index (χ0v) is 12.2. The second-order valence-electron chi connectivity index (χ2n) is 5.37. The maximum atomic E-state index is 12.7. The van der Waals surface area contributed by atoms with E-state index in [1.165, 1.54) is 12.1 Å². The molecule has 2 aromatic heterocycles. The molecule has 0 aliphatic carbocycles. The van der Waals surface area contributed by atoms with Crippen LogP contribution >= 0.6 is 0 Å². The van der Waals surface area contributed by atoms with Crippen LogP contribution in [0.4, 0.5) is 13.2 Å². The number of aromatic nitrogens is 2. The van der Waals surface area contributed by atoms with Gasteiger partial charge in [-0.25, -0.2) is 9.78 Å². The van der Waals surface area contributed by atoms with Gasteiger partial charge in [0.2, 0.25) is 11.6 Å². The third kappa shape index (κ3) is 3.18. The monoisotopic (exact) mass is 343 g/mol. The van der Waals surface area contributed by atoms with Crippen molar-refractivity contribution in [2.75, 3.05) is 6.54 Å². The number of carboxylic acids is 1. The first-order chi connectivity index (χ1) is 11.2. The Hall–Kier alpha value is -2.62.